The van der Waals surface area contributed by atoms with Crippen LogP contribution in [0.3, 0.4) is 0 Å². The molecule has 55 heavy (non-hydrogen) atoms. The van der Waals surface area contributed by atoms with E-state index in [0.29, 0.717) is 0 Å². The Hall–Kier alpha value is -6.70. The first-order valence-corrected chi connectivity index (χ1v) is 19.6. The quantitative estimate of drug-likeness (QED) is 0.163. The van der Waals surface area contributed by atoms with Gasteiger partial charge >= 0.3 is 0 Å². The molecular weight excluding hydrogens is 665 g/mol. The molecule has 1 aliphatic carbocycles. The molecule has 0 fully saturated rings. The number of furan rings is 1. The molecule has 1 aromatic heterocycles. The topological polar surface area (TPSA) is 13.1 Å². The van der Waals surface area contributed by atoms with Crippen molar-refractivity contribution in [2.24, 2.45) is 0 Å². The van der Waals surface area contributed by atoms with Crippen LogP contribution in [0.5, 0.6) is 0 Å². The summed E-state index contributed by atoms with van der Waals surface area (Å²) in [7, 11) is 0. The zero-order chi connectivity index (χ0) is 36.3. The number of benzene rings is 9. The van der Waals surface area contributed by atoms with Gasteiger partial charge in [0.05, 0.1) is 0 Å². The maximum absolute atomic E-state index is 6.87. The summed E-state index contributed by atoms with van der Waals surface area (Å²) in [5.74, 6) is 0. The molecule has 10 aromatic rings. The second-order valence-electron chi connectivity index (χ2n) is 14.9. The summed E-state index contributed by atoms with van der Waals surface area (Å²) in [6.07, 6.45) is 4.69. The number of aryl methyl sites for hydroxylation is 1. The van der Waals surface area contributed by atoms with Crippen molar-refractivity contribution in [3.8, 4) is 55.6 Å². The van der Waals surface area contributed by atoms with E-state index in [1.807, 2.05) is 0 Å². The fourth-order valence-corrected chi connectivity index (χ4v) is 9.47. The van der Waals surface area contributed by atoms with E-state index in [0.717, 1.165) is 40.5 Å². The Labute approximate surface area is 321 Å². The zero-order valence-corrected chi connectivity index (χ0v) is 30.6. The lowest BCUT2D eigenvalue weighted by atomic mass is 9.81. The van der Waals surface area contributed by atoms with Gasteiger partial charge in [0.25, 0.3) is 0 Å². The van der Waals surface area contributed by atoms with Crippen LogP contribution in [0.1, 0.15) is 24.0 Å². The number of rotatable bonds is 5. The van der Waals surface area contributed by atoms with Gasteiger partial charge in [0, 0.05) is 21.9 Å². The molecular formula is C54H38O. The fourth-order valence-electron chi connectivity index (χ4n) is 9.47. The Morgan fingerprint density at radius 1 is 0.345 bits per heavy atom. The van der Waals surface area contributed by atoms with E-state index in [1.54, 1.807) is 0 Å². The highest BCUT2D eigenvalue weighted by Crippen LogP contribution is 2.49. The SMILES string of the molecule is c1ccc(-c2c3ccccc3c(-c3cccc(-c4ccc5oc6c(-c7ccccc7)cccc6c5c4-c4cccc5c4CCCC5)c3)c3ccccc23)cc1. The van der Waals surface area contributed by atoms with Crippen LogP contribution in [0.2, 0.25) is 0 Å². The van der Waals surface area contributed by atoms with Crippen molar-refractivity contribution in [3.05, 3.63) is 193 Å². The standard InChI is InChI=1S/C54H38O/c1-3-16-36(17-4-1)42-29-15-31-48-53-49(55-54(42)48)33-32-41(52(53)43-30-14-21-35-18-7-8-24-40(35)43)38-22-13-23-39(34-38)51-46-27-11-9-25-44(46)50(37-19-5-2-6-20-37)45-26-10-12-28-47(45)51/h1-6,9-17,19-23,25-34H,7-8,18,24H2. The van der Waals surface area contributed by atoms with Gasteiger partial charge in [-0.25, -0.2) is 0 Å². The first-order chi connectivity index (χ1) is 27.3. The summed E-state index contributed by atoms with van der Waals surface area (Å²) >= 11 is 0. The predicted octanol–water partition coefficient (Wildman–Crippen LogP) is 15.1. The Bertz CT molecular complexity index is 3020. The first kappa shape index (κ1) is 31.8. The summed E-state index contributed by atoms with van der Waals surface area (Å²) in [6, 6.07) is 66.7. The van der Waals surface area contributed by atoms with Gasteiger partial charge in [-0.15, -0.1) is 0 Å². The predicted molar refractivity (Wildman–Crippen MR) is 233 cm³/mol. The molecule has 1 aliphatic rings. The summed E-state index contributed by atoms with van der Waals surface area (Å²) in [6.45, 7) is 0. The minimum absolute atomic E-state index is 0.926. The van der Waals surface area contributed by atoms with Crippen LogP contribution >= 0.6 is 0 Å². The number of hydrogen-bond donors (Lipinski definition) is 0. The van der Waals surface area contributed by atoms with Crippen molar-refractivity contribution in [2.75, 3.05) is 0 Å². The number of hydrogen-bond acceptors (Lipinski definition) is 1. The van der Waals surface area contributed by atoms with E-state index in [-0.39, 0.29) is 0 Å². The van der Waals surface area contributed by atoms with E-state index in [1.165, 1.54) is 95.4 Å². The maximum atomic E-state index is 6.87. The van der Waals surface area contributed by atoms with Crippen molar-refractivity contribution >= 4 is 43.5 Å². The molecule has 0 bridgehead atoms. The lowest BCUT2D eigenvalue weighted by Gasteiger charge is -2.22. The number of para-hydroxylation sites is 1. The van der Waals surface area contributed by atoms with Gasteiger partial charge in [0.1, 0.15) is 11.2 Å². The van der Waals surface area contributed by atoms with Crippen molar-refractivity contribution in [3.63, 3.8) is 0 Å². The largest absolute Gasteiger partial charge is 0.455 e. The molecule has 0 unspecified atom stereocenters. The molecule has 11 rings (SSSR count). The Kier molecular flexibility index (Phi) is 7.52. The third kappa shape index (κ3) is 5.15. The van der Waals surface area contributed by atoms with Crippen molar-refractivity contribution < 1.29 is 4.42 Å². The van der Waals surface area contributed by atoms with E-state index in [9.17, 15) is 0 Å². The summed E-state index contributed by atoms with van der Waals surface area (Å²) < 4.78 is 6.87. The van der Waals surface area contributed by atoms with Crippen LogP contribution in [-0.4, -0.2) is 0 Å². The molecule has 0 N–H and O–H groups in total. The monoisotopic (exact) mass is 702 g/mol. The molecule has 0 saturated heterocycles. The van der Waals surface area contributed by atoms with E-state index in [4.69, 9.17) is 4.42 Å². The normalized spacial score (nSPS) is 12.8. The van der Waals surface area contributed by atoms with Crippen molar-refractivity contribution in [1.29, 1.82) is 0 Å². The third-order valence-electron chi connectivity index (χ3n) is 11.9. The minimum atomic E-state index is 0.926. The second kappa shape index (κ2) is 13.0. The van der Waals surface area contributed by atoms with Crippen LogP contribution in [-0.2, 0) is 12.8 Å². The van der Waals surface area contributed by atoms with Gasteiger partial charge in [-0.2, -0.15) is 0 Å². The van der Waals surface area contributed by atoms with Crippen LogP contribution in [0.25, 0.3) is 99.1 Å². The van der Waals surface area contributed by atoms with Gasteiger partial charge in [0.15, 0.2) is 0 Å². The van der Waals surface area contributed by atoms with Gasteiger partial charge in [0.2, 0.25) is 0 Å². The van der Waals surface area contributed by atoms with Gasteiger partial charge in [-0.05, 0) is 115 Å². The average molecular weight is 703 g/mol. The first-order valence-electron chi connectivity index (χ1n) is 19.6. The Balaban J connectivity index is 1.20. The number of fused-ring (bicyclic) bond motifs is 6. The maximum Gasteiger partial charge on any atom is 0.143 e. The lowest BCUT2D eigenvalue weighted by Crippen LogP contribution is -2.04. The highest BCUT2D eigenvalue weighted by Gasteiger charge is 2.24. The molecule has 260 valence electrons. The van der Waals surface area contributed by atoms with Gasteiger partial charge in [-0.3, -0.25) is 0 Å². The summed E-state index contributed by atoms with van der Waals surface area (Å²) in [5.41, 5.74) is 17.2. The van der Waals surface area contributed by atoms with Crippen LogP contribution in [0.15, 0.2) is 186 Å². The summed E-state index contributed by atoms with van der Waals surface area (Å²) in [5, 5.41) is 7.41. The average Bonchev–Trinajstić information content (AvgIpc) is 3.65. The Morgan fingerprint density at radius 3 is 1.62 bits per heavy atom. The molecule has 0 radical (unpaired) electrons. The van der Waals surface area contributed by atoms with Crippen molar-refractivity contribution in [1.82, 2.24) is 0 Å². The van der Waals surface area contributed by atoms with E-state index < -0.39 is 0 Å². The van der Waals surface area contributed by atoms with E-state index >= 15 is 0 Å². The molecule has 1 nitrogen and oxygen atoms in total. The lowest BCUT2D eigenvalue weighted by molar-refractivity contribution is 0.670. The highest BCUT2D eigenvalue weighted by atomic mass is 16.3. The third-order valence-corrected chi connectivity index (χ3v) is 11.9. The smallest absolute Gasteiger partial charge is 0.143 e. The van der Waals surface area contributed by atoms with Gasteiger partial charge < -0.3 is 4.42 Å². The molecule has 0 amide bonds. The van der Waals surface area contributed by atoms with Crippen molar-refractivity contribution in [2.45, 2.75) is 25.7 Å². The van der Waals surface area contributed by atoms with Crippen LogP contribution in [0, 0.1) is 0 Å². The van der Waals surface area contributed by atoms with Crippen LogP contribution in [0.4, 0.5) is 0 Å². The van der Waals surface area contributed by atoms with E-state index in [2.05, 4.69) is 182 Å². The molecule has 9 aromatic carbocycles. The summed E-state index contributed by atoms with van der Waals surface area (Å²) in [4.78, 5) is 0. The fraction of sp³-hybridized carbons (Fsp3) is 0.0741. The molecule has 0 saturated carbocycles. The molecule has 0 spiro atoms. The molecule has 1 heteroatoms. The second-order valence-corrected chi connectivity index (χ2v) is 14.9. The zero-order valence-electron chi connectivity index (χ0n) is 30.6. The molecule has 0 aliphatic heterocycles. The Morgan fingerprint density at radius 2 is 0.891 bits per heavy atom. The molecule has 1 heterocycles. The van der Waals surface area contributed by atoms with Crippen LogP contribution < -0.4 is 0 Å². The highest BCUT2D eigenvalue weighted by molar-refractivity contribution is 6.22. The minimum Gasteiger partial charge on any atom is -0.455 e. The van der Waals surface area contributed by atoms with Gasteiger partial charge in [-0.1, -0.05) is 170 Å². The molecule has 0 atom stereocenters.